The van der Waals surface area contributed by atoms with Crippen molar-refractivity contribution < 1.29 is 0 Å². The number of fused-ring (bicyclic) bond motifs is 2. The Balaban J connectivity index is 2.03. The predicted molar refractivity (Wildman–Crippen MR) is 80.2 cm³/mol. The van der Waals surface area contributed by atoms with Crippen LogP contribution in [0.5, 0.6) is 0 Å². The van der Waals surface area contributed by atoms with Gasteiger partial charge in [-0.15, -0.1) is 0 Å². The molecule has 20 heavy (non-hydrogen) atoms. The summed E-state index contributed by atoms with van der Waals surface area (Å²) in [6, 6.07) is 8.94. The zero-order chi connectivity index (χ0) is 13.9. The van der Waals surface area contributed by atoms with E-state index in [1.54, 1.807) is 0 Å². The molecule has 3 heterocycles. The van der Waals surface area contributed by atoms with E-state index in [9.17, 15) is 5.26 Å². The van der Waals surface area contributed by atoms with Gasteiger partial charge in [0.15, 0.2) is 0 Å². The van der Waals surface area contributed by atoms with Crippen LogP contribution in [0.1, 0.15) is 18.1 Å². The first-order valence-corrected chi connectivity index (χ1v) is 7.13. The number of rotatable bonds is 0. The summed E-state index contributed by atoms with van der Waals surface area (Å²) in [4.78, 5) is 2.45. The molecule has 0 saturated heterocycles. The zero-order valence-electron chi connectivity index (χ0n) is 11.8. The van der Waals surface area contributed by atoms with E-state index in [2.05, 4.69) is 53.9 Å². The lowest BCUT2D eigenvalue weighted by Gasteiger charge is -2.39. The molecule has 0 fully saturated rings. The number of aromatic nitrogens is 1. The summed E-state index contributed by atoms with van der Waals surface area (Å²) in [6.45, 7) is 4.37. The molecule has 0 N–H and O–H groups in total. The van der Waals surface area contributed by atoms with E-state index >= 15 is 0 Å². The fourth-order valence-corrected chi connectivity index (χ4v) is 3.79. The summed E-state index contributed by atoms with van der Waals surface area (Å²) >= 11 is 0. The van der Waals surface area contributed by atoms with Crippen LogP contribution < -0.4 is 0 Å². The van der Waals surface area contributed by atoms with Crippen LogP contribution in [0, 0.1) is 17.2 Å². The lowest BCUT2D eigenvalue weighted by molar-refractivity contribution is 0.234. The molecule has 3 nitrogen and oxygen atoms in total. The van der Waals surface area contributed by atoms with Gasteiger partial charge in [-0.1, -0.05) is 19.1 Å². The summed E-state index contributed by atoms with van der Waals surface area (Å²) in [5, 5.41) is 10.3. The average Bonchev–Trinajstić information content (AvgIpc) is 2.85. The van der Waals surface area contributed by atoms with Crippen molar-refractivity contribution in [1.82, 2.24) is 9.47 Å². The molecular formula is C17H17N3. The largest absolute Gasteiger partial charge is 0.345 e. The van der Waals surface area contributed by atoms with E-state index in [1.807, 2.05) is 6.07 Å². The summed E-state index contributed by atoms with van der Waals surface area (Å²) in [7, 11) is 2.21. The molecule has 0 bridgehead atoms. The van der Waals surface area contributed by atoms with Gasteiger partial charge in [-0.2, -0.15) is 5.26 Å². The third-order valence-electron chi connectivity index (χ3n) is 4.66. The van der Waals surface area contributed by atoms with Gasteiger partial charge in [0.1, 0.15) is 0 Å². The highest BCUT2D eigenvalue weighted by Crippen LogP contribution is 2.39. The quantitative estimate of drug-likeness (QED) is 0.732. The highest BCUT2D eigenvalue weighted by Gasteiger charge is 2.32. The molecule has 2 aliphatic heterocycles. The molecule has 0 spiro atoms. The zero-order valence-corrected chi connectivity index (χ0v) is 11.8. The van der Waals surface area contributed by atoms with Crippen LogP contribution in [0.3, 0.4) is 0 Å². The molecule has 2 atom stereocenters. The molecule has 1 aromatic carbocycles. The van der Waals surface area contributed by atoms with Gasteiger partial charge >= 0.3 is 0 Å². The predicted octanol–water partition coefficient (Wildman–Crippen LogP) is 2.86. The van der Waals surface area contributed by atoms with Gasteiger partial charge in [-0.3, -0.25) is 4.90 Å². The minimum absolute atomic E-state index is 0.460. The molecule has 0 saturated carbocycles. The normalized spacial score (nSPS) is 25.1. The van der Waals surface area contributed by atoms with Crippen LogP contribution in [0.15, 0.2) is 30.5 Å². The highest BCUT2D eigenvalue weighted by molar-refractivity contribution is 5.97. The van der Waals surface area contributed by atoms with E-state index in [0.717, 1.165) is 24.0 Å². The van der Waals surface area contributed by atoms with Gasteiger partial charge in [-0.25, -0.2) is 0 Å². The van der Waals surface area contributed by atoms with Crippen molar-refractivity contribution in [3.05, 3.63) is 41.6 Å². The Bertz CT molecular complexity index is 775. The molecular weight excluding hydrogens is 246 g/mol. The Morgan fingerprint density at radius 3 is 2.90 bits per heavy atom. The van der Waals surface area contributed by atoms with Crippen LogP contribution in [-0.4, -0.2) is 29.1 Å². The van der Waals surface area contributed by atoms with Crippen molar-refractivity contribution in [2.75, 3.05) is 13.6 Å². The van der Waals surface area contributed by atoms with Crippen molar-refractivity contribution in [3.63, 3.8) is 0 Å². The van der Waals surface area contributed by atoms with E-state index < -0.39 is 0 Å². The van der Waals surface area contributed by atoms with Crippen LogP contribution in [0.2, 0.25) is 0 Å². The van der Waals surface area contributed by atoms with E-state index in [-0.39, 0.29) is 0 Å². The van der Waals surface area contributed by atoms with E-state index in [1.165, 1.54) is 16.7 Å². The summed E-state index contributed by atoms with van der Waals surface area (Å²) in [5.74, 6) is 0.582. The van der Waals surface area contributed by atoms with Crippen LogP contribution in [0.4, 0.5) is 0 Å². The van der Waals surface area contributed by atoms with Gasteiger partial charge < -0.3 is 4.57 Å². The van der Waals surface area contributed by atoms with Gasteiger partial charge in [0.2, 0.25) is 0 Å². The standard InChI is InChI=1S/C17H17N3/c1-11-7-15-14-4-3-12(8-18)13-5-6-20(17(13)14)10-16(15)19(2)9-11/h3-7,11,16H,9-10H2,1-2H3/t11-,16+/m1/s1. The first-order chi connectivity index (χ1) is 9.69. The molecule has 0 aliphatic carbocycles. The Kier molecular flexibility index (Phi) is 2.33. The van der Waals surface area contributed by atoms with Gasteiger partial charge in [0, 0.05) is 30.2 Å². The third-order valence-corrected chi connectivity index (χ3v) is 4.66. The lowest BCUT2D eigenvalue weighted by atomic mass is 9.86. The highest BCUT2D eigenvalue weighted by atomic mass is 15.2. The molecule has 0 unspecified atom stereocenters. The molecule has 4 rings (SSSR count). The third kappa shape index (κ3) is 1.43. The number of likely N-dealkylation sites (N-methyl/N-ethyl adjacent to an activating group) is 1. The van der Waals surface area contributed by atoms with Crippen molar-refractivity contribution >= 4 is 16.5 Å². The topological polar surface area (TPSA) is 32.0 Å². The summed E-state index contributed by atoms with van der Waals surface area (Å²) in [6.07, 6.45) is 4.54. The first kappa shape index (κ1) is 11.7. The second-order valence-electron chi connectivity index (χ2n) is 6.06. The van der Waals surface area contributed by atoms with Crippen molar-refractivity contribution in [3.8, 4) is 6.07 Å². The SMILES string of the molecule is C[C@@H]1C=C2c3ccc(C#N)c4ccn(c34)C[C@@H]2N(C)C1. The Labute approximate surface area is 118 Å². The van der Waals surface area contributed by atoms with Crippen molar-refractivity contribution in [1.29, 1.82) is 5.26 Å². The van der Waals surface area contributed by atoms with Crippen LogP contribution in [0.25, 0.3) is 16.5 Å². The number of nitrogens with zero attached hydrogens (tertiary/aromatic N) is 3. The monoisotopic (exact) mass is 263 g/mol. The first-order valence-electron chi connectivity index (χ1n) is 7.13. The molecule has 1 aromatic heterocycles. The maximum absolute atomic E-state index is 9.26. The molecule has 2 aliphatic rings. The number of hydrogen-bond acceptors (Lipinski definition) is 2. The molecule has 100 valence electrons. The lowest BCUT2D eigenvalue weighted by Crippen LogP contribution is -2.43. The Morgan fingerprint density at radius 2 is 2.10 bits per heavy atom. The summed E-state index contributed by atoms with van der Waals surface area (Å²) < 4.78 is 2.31. The molecule has 3 heteroatoms. The molecule has 0 amide bonds. The fourth-order valence-electron chi connectivity index (χ4n) is 3.79. The number of nitriles is 1. The second-order valence-corrected chi connectivity index (χ2v) is 6.06. The smallest absolute Gasteiger partial charge is 0.0998 e. The fraction of sp³-hybridized carbons (Fsp3) is 0.353. The van der Waals surface area contributed by atoms with Crippen LogP contribution in [-0.2, 0) is 6.54 Å². The van der Waals surface area contributed by atoms with E-state index in [0.29, 0.717) is 12.0 Å². The van der Waals surface area contributed by atoms with Gasteiger partial charge in [0.05, 0.1) is 23.2 Å². The van der Waals surface area contributed by atoms with Crippen molar-refractivity contribution in [2.45, 2.75) is 19.5 Å². The molecule has 2 aromatic rings. The van der Waals surface area contributed by atoms with Crippen molar-refractivity contribution in [2.24, 2.45) is 5.92 Å². The summed E-state index contributed by atoms with van der Waals surface area (Å²) in [5.41, 5.74) is 4.75. The Morgan fingerprint density at radius 1 is 1.25 bits per heavy atom. The average molecular weight is 263 g/mol. The second kappa shape index (κ2) is 3.97. The van der Waals surface area contributed by atoms with Gasteiger partial charge in [-0.05, 0) is 30.7 Å². The van der Waals surface area contributed by atoms with Crippen LogP contribution >= 0.6 is 0 Å². The molecule has 0 radical (unpaired) electrons. The number of benzene rings is 1. The minimum Gasteiger partial charge on any atom is -0.345 e. The number of hydrogen-bond donors (Lipinski definition) is 0. The van der Waals surface area contributed by atoms with Gasteiger partial charge in [0.25, 0.3) is 0 Å². The maximum Gasteiger partial charge on any atom is 0.0998 e. The maximum atomic E-state index is 9.26. The Hall–Kier alpha value is -2.05. The minimum atomic E-state index is 0.460. The van der Waals surface area contributed by atoms with E-state index in [4.69, 9.17) is 0 Å².